The number of aliphatic carboxylic acids is 1. The number of rotatable bonds is 4. The van der Waals surface area contributed by atoms with Crippen molar-refractivity contribution in [3.63, 3.8) is 0 Å². The summed E-state index contributed by atoms with van der Waals surface area (Å²) in [5.74, 6) is -1.73. The number of hydrogen-bond acceptors (Lipinski definition) is 5. The first kappa shape index (κ1) is 15.6. The highest BCUT2D eigenvalue weighted by Crippen LogP contribution is 2.28. The van der Waals surface area contributed by atoms with Gasteiger partial charge in [0, 0.05) is 10.9 Å². The molecule has 0 spiro atoms. The Hall–Kier alpha value is -2.83. The van der Waals surface area contributed by atoms with Gasteiger partial charge in [-0.2, -0.15) is 0 Å². The van der Waals surface area contributed by atoms with Crippen LogP contribution in [0.15, 0.2) is 21.3 Å². The van der Waals surface area contributed by atoms with Gasteiger partial charge in [0.2, 0.25) is 5.91 Å². The number of aryl methyl sites for hydroxylation is 2. The predicted molar refractivity (Wildman–Crippen MR) is 78.0 cm³/mol. The van der Waals surface area contributed by atoms with E-state index < -0.39 is 24.0 Å². The van der Waals surface area contributed by atoms with Crippen LogP contribution in [-0.4, -0.2) is 28.6 Å². The highest BCUT2D eigenvalue weighted by Gasteiger charge is 2.17. The molecule has 0 radical (unpaired) electrons. The number of fused-ring (bicyclic) bond motifs is 1. The van der Waals surface area contributed by atoms with Gasteiger partial charge in [-0.25, -0.2) is 4.79 Å². The Kier molecular flexibility index (Phi) is 4.16. The summed E-state index contributed by atoms with van der Waals surface area (Å²) in [5.41, 5.74) is 0.779. The second-order valence-electron chi connectivity index (χ2n) is 4.93. The fourth-order valence-electron chi connectivity index (χ4n) is 2.18. The van der Waals surface area contributed by atoms with Crippen LogP contribution >= 0.6 is 0 Å². The number of carbonyl (C=O) groups is 2. The lowest BCUT2D eigenvalue weighted by atomic mass is 10.0. The zero-order chi connectivity index (χ0) is 16.4. The number of phenolic OH excluding ortho intramolecular Hbond substituents is 1. The summed E-state index contributed by atoms with van der Waals surface area (Å²) in [6, 6.07) is 3.09. The second kappa shape index (κ2) is 5.88. The van der Waals surface area contributed by atoms with Crippen LogP contribution in [0, 0.1) is 13.8 Å². The van der Waals surface area contributed by atoms with Gasteiger partial charge in [0.05, 0.1) is 12.0 Å². The number of nitrogens with one attached hydrogen (secondary N) is 1. The number of carbonyl (C=O) groups excluding carboxylic acids is 1. The third-order valence-corrected chi connectivity index (χ3v) is 3.45. The highest BCUT2D eigenvalue weighted by atomic mass is 16.4. The summed E-state index contributed by atoms with van der Waals surface area (Å²) in [6.45, 7) is 2.79. The summed E-state index contributed by atoms with van der Waals surface area (Å²) in [6.07, 6.45) is -0.267. The molecule has 1 aromatic heterocycles. The topological polar surface area (TPSA) is 117 Å². The smallest absolute Gasteiger partial charge is 0.340 e. The lowest BCUT2D eigenvalue weighted by Gasteiger charge is -2.10. The molecule has 0 aliphatic rings. The van der Waals surface area contributed by atoms with Crippen molar-refractivity contribution in [2.24, 2.45) is 0 Å². The third-order valence-electron chi connectivity index (χ3n) is 3.45. The molecular formula is C15H15NO6. The van der Waals surface area contributed by atoms with E-state index >= 15 is 0 Å². The number of amides is 1. The number of carboxylic acid groups (broad SMARTS) is 1. The molecule has 0 saturated heterocycles. The van der Waals surface area contributed by atoms with Crippen molar-refractivity contribution in [2.75, 3.05) is 6.54 Å². The molecule has 0 fully saturated rings. The SMILES string of the molecule is Cc1c(CC(=O)NCC(=O)O)c(=O)oc2c(C)c(O)ccc12. The molecule has 116 valence electrons. The minimum Gasteiger partial charge on any atom is -0.508 e. The fourth-order valence-corrected chi connectivity index (χ4v) is 2.18. The monoisotopic (exact) mass is 305 g/mol. The Labute approximate surface area is 125 Å². The number of carboxylic acids is 1. The van der Waals surface area contributed by atoms with Crippen molar-refractivity contribution >= 4 is 22.8 Å². The van der Waals surface area contributed by atoms with Gasteiger partial charge >= 0.3 is 11.6 Å². The fraction of sp³-hybridized carbons (Fsp3) is 0.267. The molecular weight excluding hydrogens is 290 g/mol. The first-order valence-corrected chi connectivity index (χ1v) is 6.54. The lowest BCUT2D eigenvalue weighted by molar-refractivity contribution is -0.137. The van der Waals surface area contributed by atoms with Crippen molar-refractivity contribution in [1.29, 1.82) is 0 Å². The van der Waals surface area contributed by atoms with Gasteiger partial charge < -0.3 is 19.9 Å². The van der Waals surface area contributed by atoms with E-state index in [1.807, 2.05) is 0 Å². The zero-order valence-corrected chi connectivity index (χ0v) is 12.1. The van der Waals surface area contributed by atoms with Gasteiger partial charge in [-0.3, -0.25) is 9.59 Å². The normalized spacial score (nSPS) is 10.6. The summed E-state index contributed by atoms with van der Waals surface area (Å²) in [4.78, 5) is 34.1. The van der Waals surface area contributed by atoms with E-state index in [1.54, 1.807) is 19.9 Å². The maximum absolute atomic E-state index is 12.0. The van der Waals surface area contributed by atoms with Crippen molar-refractivity contribution < 1.29 is 24.2 Å². The molecule has 0 bridgehead atoms. The molecule has 0 unspecified atom stereocenters. The summed E-state index contributed by atoms with van der Waals surface area (Å²) in [5, 5.41) is 21.0. The van der Waals surface area contributed by atoms with Crippen LogP contribution in [0.4, 0.5) is 0 Å². The number of benzene rings is 1. The van der Waals surface area contributed by atoms with E-state index in [-0.39, 0.29) is 23.3 Å². The largest absolute Gasteiger partial charge is 0.508 e. The molecule has 0 saturated carbocycles. The van der Waals surface area contributed by atoms with Gasteiger partial charge in [-0.1, -0.05) is 0 Å². The summed E-state index contributed by atoms with van der Waals surface area (Å²) in [7, 11) is 0. The maximum atomic E-state index is 12.0. The van der Waals surface area contributed by atoms with E-state index in [9.17, 15) is 19.5 Å². The van der Waals surface area contributed by atoms with Crippen LogP contribution in [0.25, 0.3) is 11.0 Å². The van der Waals surface area contributed by atoms with E-state index in [0.29, 0.717) is 16.5 Å². The van der Waals surface area contributed by atoms with Gasteiger partial charge in [-0.05, 0) is 31.5 Å². The van der Waals surface area contributed by atoms with Crippen LogP contribution in [-0.2, 0) is 16.0 Å². The van der Waals surface area contributed by atoms with Crippen molar-refractivity contribution in [2.45, 2.75) is 20.3 Å². The quantitative estimate of drug-likeness (QED) is 0.721. The molecule has 7 nitrogen and oxygen atoms in total. The number of aromatic hydroxyl groups is 1. The molecule has 3 N–H and O–H groups in total. The van der Waals surface area contributed by atoms with Crippen molar-refractivity contribution in [3.8, 4) is 5.75 Å². The molecule has 0 aliphatic heterocycles. The average Bonchev–Trinajstić information content (AvgIpc) is 2.45. The lowest BCUT2D eigenvalue weighted by Crippen LogP contribution is -2.32. The molecule has 0 aliphatic carbocycles. The Morgan fingerprint density at radius 2 is 1.91 bits per heavy atom. The minimum atomic E-state index is -1.17. The van der Waals surface area contributed by atoms with Gasteiger partial charge in [0.1, 0.15) is 17.9 Å². The van der Waals surface area contributed by atoms with Crippen LogP contribution in [0.3, 0.4) is 0 Å². The standard InChI is InChI=1S/C15H15NO6/c1-7-9-3-4-11(17)8(2)14(9)22-15(21)10(7)5-12(18)16-6-13(19)20/h3-4,17H,5-6H2,1-2H3,(H,16,18)(H,19,20). The number of phenols is 1. The van der Waals surface area contributed by atoms with Gasteiger partial charge in [-0.15, -0.1) is 0 Å². The Morgan fingerprint density at radius 1 is 1.23 bits per heavy atom. The van der Waals surface area contributed by atoms with Crippen molar-refractivity contribution in [3.05, 3.63) is 39.2 Å². The third kappa shape index (κ3) is 2.93. The molecule has 1 aromatic carbocycles. The Balaban J connectivity index is 2.44. The van der Waals surface area contributed by atoms with E-state index in [2.05, 4.69) is 5.32 Å². The minimum absolute atomic E-state index is 0.0157. The Bertz CT molecular complexity index is 821. The molecule has 2 aromatic rings. The molecule has 0 atom stereocenters. The summed E-state index contributed by atoms with van der Waals surface area (Å²) < 4.78 is 5.20. The first-order valence-electron chi connectivity index (χ1n) is 6.54. The van der Waals surface area contributed by atoms with Crippen LogP contribution in [0.2, 0.25) is 0 Å². The zero-order valence-electron chi connectivity index (χ0n) is 12.1. The summed E-state index contributed by atoms with van der Waals surface area (Å²) >= 11 is 0. The maximum Gasteiger partial charge on any atom is 0.340 e. The van der Waals surface area contributed by atoms with E-state index in [0.717, 1.165) is 0 Å². The number of hydrogen-bond donors (Lipinski definition) is 3. The van der Waals surface area contributed by atoms with Crippen LogP contribution in [0.5, 0.6) is 5.75 Å². The van der Waals surface area contributed by atoms with Crippen LogP contribution < -0.4 is 10.9 Å². The van der Waals surface area contributed by atoms with Crippen molar-refractivity contribution in [1.82, 2.24) is 5.32 Å². The average molecular weight is 305 g/mol. The van der Waals surface area contributed by atoms with E-state index in [4.69, 9.17) is 9.52 Å². The van der Waals surface area contributed by atoms with Crippen LogP contribution in [0.1, 0.15) is 16.7 Å². The van der Waals surface area contributed by atoms with Gasteiger partial charge in [0.25, 0.3) is 0 Å². The first-order chi connectivity index (χ1) is 10.3. The predicted octanol–water partition coefficient (Wildman–Crippen LogP) is 0.859. The second-order valence-corrected chi connectivity index (χ2v) is 4.93. The van der Waals surface area contributed by atoms with Gasteiger partial charge in [0.15, 0.2) is 0 Å². The highest BCUT2D eigenvalue weighted by molar-refractivity contribution is 5.88. The van der Waals surface area contributed by atoms with E-state index in [1.165, 1.54) is 6.07 Å². The molecule has 1 heterocycles. The molecule has 7 heteroatoms. The molecule has 2 rings (SSSR count). The Morgan fingerprint density at radius 3 is 2.55 bits per heavy atom. The molecule has 22 heavy (non-hydrogen) atoms. The molecule has 1 amide bonds.